The Bertz CT molecular complexity index is 1070. The van der Waals surface area contributed by atoms with Crippen LogP contribution in [0.4, 0.5) is 5.00 Å². The van der Waals surface area contributed by atoms with Crippen molar-refractivity contribution in [1.82, 2.24) is 4.90 Å². The first-order chi connectivity index (χ1) is 15.4. The van der Waals surface area contributed by atoms with Crippen LogP contribution in [0.2, 0.25) is 0 Å². The van der Waals surface area contributed by atoms with Gasteiger partial charge in [-0.2, -0.15) is 5.26 Å². The number of anilines is 1. The predicted molar refractivity (Wildman–Crippen MR) is 120 cm³/mol. The Morgan fingerprint density at radius 1 is 1.28 bits per heavy atom. The second-order valence-corrected chi connectivity index (χ2v) is 9.59. The van der Waals surface area contributed by atoms with E-state index in [1.165, 1.54) is 11.3 Å². The molecule has 1 N–H and O–H groups in total. The highest BCUT2D eigenvalue weighted by Crippen LogP contribution is 2.39. The summed E-state index contributed by atoms with van der Waals surface area (Å²) in [7, 11) is 0. The summed E-state index contributed by atoms with van der Waals surface area (Å²) in [6.45, 7) is 2.47. The van der Waals surface area contributed by atoms with E-state index in [0.717, 1.165) is 35.3 Å². The van der Waals surface area contributed by atoms with Crippen molar-refractivity contribution in [1.29, 1.82) is 5.26 Å². The number of hydrogen-bond acceptors (Lipinski definition) is 6. The number of hydrogen-bond donors (Lipinski definition) is 1. The van der Waals surface area contributed by atoms with Gasteiger partial charge in [0.05, 0.1) is 11.5 Å². The number of benzene rings is 1. The summed E-state index contributed by atoms with van der Waals surface area (Å²) in [5, 5.41) is 12.8. The number of amides is 2. The van der Waals surface area contributed by atoms with Crippen LogP contribution in [-0.2, 0) is 38.5 Å². The Labute approximate surface area is 191 Å². The van der Waals surface area contributed by atoms with Gasteiger partial charge in [-0.15, -0.1) is 11.3 Å². The number of carbonyl (C=O) groups is 3. The molecule has 2 amide bonds. The number of likely N-dealkylation sites (tertiary alicyclic amines) is 1. The molecule has 2 aliphatic rings. The maximum atomic E-state index is 12.4. The minimum Gasteiger partial charge on any atom is -0.455 e. The van der Waals surface area contributed by atoms with E-state index in [1.54, 1.807) is 4.90 Å². The number of ether oxygens (including phenoxy) is 1. The van der Waals surface area contributed by atoms with Crippen LogP contribution in [0.3, 0.4) is 0 Å². The molecule has 8 heteroatoms. The predicted octanol–water partition coefficient (Wildman–Crippen LogP) is 3.27. The molecule has 0 spiro atoms. The van der Waals surface area contributed by atoms with Gasteiger partial charge in [-0.05, 0) is 36.3 Å². The average Bonchev–Trinajstić information content (AvgIpc) is 3.31. The zero-order valence-electron chi connectivity index (χ0n) is 17.9. The number of esters is 1. The molecule has 1 aromatic carbocycles. The van der Waals surface area contributed by atoms with Crippen molar-refractivity contribution in [2.24, 2.45) is 11.8 Å². The Kier molecular flexibility index (Phi) is 6.56. The maximum Gasteiger partial charge on any atom is 0.311 e. The third-order valence-electron chi connectivity index (χ3n) is 5.99. The lowest BCUT2D eigenvalue weighted by molar-refractivity contribution is -0.151. The van der Waals surface area contributed by atoms with Crippen molar-refractivity contribution < 1.29 is 19.1 Å². The minimum atomic E-state index is -0.579. The normalized spacial score (nSPS) is 19.9. The first kappa shape index (κ1) is 22.0. The van der Waals surface area contributed by atoms with Gasteiger partial charge in [-0.3, -0.25) is 14.4 Å². The molecule has 166 valence electrons. The molecule has 1 aliphatic heterocycles. The lowest BCUT2D eigenvalue weighted by Crippen LogP contribution is -2.28. The maximum absolute atomic E-state index is 12.4. The highest BCUT2D eigenvalue weighted by atomic mass is 32.1. The second kappa shape index (κ2) is 9.53. The minimum absolute atomic E-state index is 0.0850. The van der Waals surface area contributed by atoms with Gasteiger partial charge in [0.15, 0.2) is 6.61 Å². The summed E-state index contributed by atoms with van der Waals surface area (Å²) >= 11 is 1.43. The zero-order valence-corrected chi connectivity index (χ0v) is 18.7. The Morgan fingerprint density at radius 2 is 2.06 bits per heavy atom. The Hall–Kier alpha value is -3.18. The molecule has 1 saturated heterocycles. The highest BCUT2D eigenvalue weighted by Gasteiger charge is 2.35. The number of thiophene rings is 1. The van der Waals surface area contributed by atoms with Crippen LogP contribution >= 0.6 is 11.3 Å². The van der Waals surface area contributed by atoms with Crippen molar-refractivity contribution in [2.45, 2.75) is 39.2 Å². The summed E-state index contributed by atoms with van der Waals surface area (Å²) in [5.74, 6) is -1.15. The SMILES string of the molecule is C[C@H]1CCc2c(sc(NC(=O)COC(=O)[C@H]3CC(=O)N(Cc4ccccc4)C3)c2C#N)C1. The summed E-state index contributed by atoms with van der Waals surface area (Å²) in [4.78, 5) is 39.9. The quantitative estimate of drug-likeness (QED) is 0.680. The van der Waals surface area contributed by atoms with Crippen molar-refractivity contribution in [3.05, 3.63) is 51.9 Å². The summed E-state index contributed by atoms with van der Waals surface area (Å²) in [6, 6.07) is 11.8. The molecule has 0 radical (unpaired) electrons. The van der Waals surface area contributed by atoms with Gasteiger partial charge >= 0.3 is 5.97 Å². The molecule has 2 aromatic rings. The monoisotopic (exact) mass is 451 g/mol. The van der Waals surface area contributed by atoms with E-state index in [0.29, 0.717) is 23.0 Å². The molecule has 2 atom stereocenters. The fourth-order valence-corrected chi connectivity index (χ4v) is 5.64. The van der Waals surface area contributed by atoms with E-state index in [-0.39, 0.29) is 18.9 Å². The van der Waals surface area contributed by atoms with E-state index in [1.807, 2.05) is 30.3 Å². The van der Waals surface area contributed by atoms with Crippen LogP contribution in [-0.4, -0.2) is 35.8 Å². The van der Waals surface area contributed by atoms with Crippen molar-refractivity contribution >= 4 is 34.1 Å². The zero-order chi connectivity index (χ0) is 22.7. The van der Waals surface area contributed by atoms with Crippen molar-refractivity contribution in [3.8, 4) is 6.07 Å². The number of fused-ring (bicyclic) bond motifs is 1. The van der Waals surface area contributed by atoms with Crippen molar-refractivity contribution in [2.75, 3.05) is 18.5 Å². The molecule has 1 aromatic heterocycles. The van der Waals surface area contributed by atoms with E-state index >= 15 is 0 Å². The number of nitriles is 1. The topological polar surface area (TPSA) is 99.5 Å². The van der Waals surface area contributed by atoms with Gasteiger partial charge < -0.3 is 15.0 Å². The van der Waals surface area contributed by atoms with E-state index in [9.17, 15) is 19.6 Å². The second-order valence-electron chi connectivity index (χ2n) is 8.48. The molecule has 0 saturated carbocycles. The fraction of sp³-hybridized carbons (Fsp3) is 0.417. The number of nitrogens with zero attached hydrogens (tertiary/aromatic N) is 2. The number of carbonyl (C=O) groups excluding carboxylic acids is 3. The molecule has 32 heavy (non-hydrogen) atoms. The van der Waals surface area contributed by atoms with Crippen LogP contribution in [0, 0.1) is 23.2 Å². The lowest BCUT2D eigenvalue weighted by atomic mass is 9.89. The van der Waals surface area contributed by atoms with Crippen LogP contribution in [0.25, 0.3) is 0 Å². The first-order valence-corrected chi connectivity index (χ1v) is 11.6. The van der Waals surface area contributed by atoms with Crippen LogP contribution in [0.5, 0.6) is 0 Å². The molecule has 0 unspecified atom stereocenters. The molecule has 2 heterocycles. The van der Waals surface area contributed by atoms with Gasteiger partial charge in [0.1, 0.15) is 11.1 Å². The molecule has 4 rings (SSSR count). The third-order valence-corrected chi connectivity index (χ3v) is 7.16. The van der Waals surface area contributed by atoms with Gasteiger partial charge in [-0.25, -0.2) is 0 Å². The first-order valence-electron chi connectivity index (χ1n) is 10.8. The van der Waals surface area contributed by atoms with Gasteiger partial charge in [0, 0.05) is 24.4 Å². The molecule has 1 fully saturated rings. The largest absolute Gasteiger partial charge is 0.455 e. The van der Waals surface area contributed by atoms with Crippen LogP contribution in [0.1, 0.15) is 41.3 Å². The average molecular weight is 452 g/mol. The number of rotatable bonds is 6. The molecule has 0 bridgehead atoms. The molecule has 7 nitrogen and oxygen atoms in total. The highest BCUT2D eigenvalue weighted by molar-refractivity contribution is 7.16. The number of nitrogens with one attached hydrogen (secondary N) is 1. The smallest absolute Gasteiger partial charge is 0.311 e. The fourth-order valence-electron chi connectivity index (χ4n) is 4.26. The Morgan fingerprint density at radius 3 is 2.81 bits per heavy atom. The molecule has 1 aliphatic carbocycles. The third kappa shape index (κ3) is 4.83. The van der Waals surface area contributed by atoms with E-state index < -0.39 is 24.4 Å². The van der Waals surface area contributed by atoms with Gasteiger partial charge in [0.2, 0.25) is 5.91 Å². The summed E-state index contributed by atoms with van der Waals surface area (Å²) < 4.78 is 5.19. The van der Waals surface area contributed by atoms with Crippen LogP contribution < -0.4 is 5.32 Å². The van der Waals surface area contributed by atoms with Gasteiger partial charge in [-0.1, -0.05) is 37.3 Å². The van der Waals surface area contributed by atoms with Gasteiger partial charge in [0.25, 0.3) is 5.91 Å². The standard InChI is InChI=1S/C24H25N3O4S/c1-15-7-8-18-19(11-25)23(32-20(18)9-15)26-21(28)14-31-24(30)17-10-22(29)27(13-17)12-16-5-3-2-4-6-16/h2-6,15,17H,7-10,12-14H2,1H3,(H,26,28)/t15-,17-/m0/s1. The lowest BCUT2D eigenvalue weighted by Gasteiger charge is -2.17. The summed E-state index contributed by atoms with van der Waals surface area (Å²) in [6.07, 6.45) is 2.87. The molecular formula is C24H25N3O4S. The summed E-state index contributed by atoms with van der Waals surface area (Å²) in [5.41, 5.74) is 2.55. The van der Waals surface area contributed by atoms with E-state index in [2.05, 4.69) is 18.3 Å². The van der Waals surface area contributed by atoms with Crippen molar-refractivity contribution in [3.63, 3.8) is 0 Å². The molecular weight excluding hydrogens is 426 g/mol. The van der Waals surface area contributed by atoms with E-state index in [4.69, 9.17) is 4.74 Å². The Balaban J connectivity index is 1.30. The van der Waals surface area contributed by atoms with Crippen LogP contribution in [0.15, 0.2) is 30.3 Å².